The SMILES string of the molecule is CC1CCN(c2ccc([N+](=O)[O-])cc2/C=N\NC(=O)c2ccncc2)CC1. The molecule has 1 aromatic carbocycles. The number of hydrogen-bond acceptors (Lipinski definition) is 6. The second-order valence-corrected chi connectivity index (χ2v) is 6.60. The predicted octanol–water partition coefficient (Wildman–Crippen LogP) is 2.99. The first-order chi connectivity index (χ1) is 13.0. The van der Waals surface area contributed by atoms with Gasteiger partial charge in [0.15, 0.2) is 0 Å². The van der Waals surface area contributed by atoms with Crippen LogP contribution < -0.4 is 10.3 Å². The Morgan fingerprint density at radius 3 is 2.67 bits per heavy atom. The lowest BCUT2D eigenvalue weighted by Gasteiger charge is -2.33. The van der Waals surface area contributed by atoms with E-state index in [0.29, 0.717) is 17.0 Å². The molecule has 1 aliphatic rings. The Labute approximate surface area is 157 Å². The minimum absolute atomic E-state index is 0.00830. The number of nitro groups is 1. The van der Waals surface area contributed by atoms with Crippen molar-refractivity contribution in [2.45, 2.75) is 19.8 Å². The molecule has 2 heterocycles. The van der Waals surface area contributed by atoms with Crippen LogP contribution in [-0.4, -0.2) is 35.1 Å². The molecule has 1 amide bonds. The number of aromatic nitrogens is 1. The van der Waals surface area contributed by atoms with Gasteiger partial charge in [-0.25, -0.2) is 5.43 Å². The van der Waals surface area contributed by atoms with Crippen LogP contribution in [0.1, 0.15) is 35.7 Å². The van der Waals surface area contributed by atoms with Crippen molar-refractivity contribution in [1.29, 1.82) is 0 Å². The number of pyridine rings is 1. The Bertz CT molecular complexity index is 846. The summed E-state index contributed by atoms with van der Waals surface area (Å²) in [6.45, 7) is 4.01. The molecule has 2 aromatic rings. The van der Waals surface area contributed by atoms with Crippen LogP contribution in [0.3, 0.4) is 0 Å². The standard InChI is InChI=1S/C19H21N5O3/c1-14-6-10-23(11-7-14)18-3-2-17(24(26)27)12-16(18)13-21-22-19(25)15-4-8-20-9-5-15/h2-5,8-9,12-14H,6-7,10-11H2,1H3,(H,22,25)/b21-13-. The highest BCUT2D eigenvalue weighted by molar-refractivity contribution is 5.95. The summed E-state index contributed by atoms with van der Waals surface area (Å²) >= 11 is 0. The predicted molar refractivity (Wildman–Crippen MR) is 103 cm³/mol. The first-order valence-electron chi connectivity index (χ1n) is 8.81. The van der Waals surface area contributed by atoms with Crippen LogP contribution in [0.4, 0.5) is 11.4 Å². The highest BCUT2D eigenvalue weighted by Gasteiger charge is 2.19. The van der Waals surface area contributed by atoms with Crippen molar-refractivity contribution < 1.29 is 9.72 Å². The van der Waals surface area contributed by atoms with Gasteiger partial charge >= 0.3 is 0 Å². The Hall–Kier alpha value is -3.29. The van der Waals surface area contributed by atoms with Crippen molar-refractivity contribution in [1.82, 2.24) is 10.4 Å². The zero-order valence-electron chi connectivity index (χ0n) is 15.0. The maximum Gasteiger partial charge on any atom is 0.271 e. The molecule has 1 saturated heterocycles. The molecule has 0 bridgehead atoms. The number of hydrogen-bond donors (Lipinski definition) is 1. The molecule has 1 aliphatic heterocycles. The van der Waals surface area contributed by atoms with E-state index in [1.165, 1.54) is 30.7 Å². The van der Waals surface area contributed by atoms with Gasteiger partial charge in [-0.2, -0.15) is 5.10 Å². The van der Waals surface area contributed by atoms with E-state index in [9.17, 15) is 14.9 Å². The monoisotopic (exact) mass is 367 g/mol. The van der Waals surface area contributed by atoms with E-state index in [1.54, 1.807) is 18.2 Å². The molecule has 0 radical (unpaired) electrons. The van der Waals surface area contributed by atoms with Gasteiger partial charge in [-0.1, -0.05) is 6.92 Å². The number of non-ortho nitro benzene ring substituents is 1. The maximum atomic E-state index is 12.1. The van der Waals surface area contributed by atoms with E-state index in [1.807, 2.05) is 0 Å². The topological polar surface area (TPSA) is 101 Å². The molecule has 27 heavy (non-hydrogen) atoms. The van der Waals surface area contributed by atoms with Gasteiger partial charge in [-0.3, -0.25) is 19.9 Å². The number of piperidine rings is 1. The number of nitro benzene ring substituents is 1. The Balaban J connectivity index is 1.80. The van der Waals surface area contributed by atoms with Gasteiger partial charge in [0.1, 0.15) is 0 Å². The highest BCUT2D eigenvalue weighted by Crippen LogP contribution is 2.28. The zero-order chi connectivity index (χ0) is 19.2. The molecule has 0 aliphatic carbocycles. The second kappa shape index (κ2) is 8.39. The molecule has 3 rings (SSSR count). The van der Waals surface area contributed by atoms with E-state index < -0.39 is 4.92 Å². The second-order valence-electron chi connectivity index (χ2n) is 6.60. The number of amides is 1. The molecule has 8 nitrogen and oxygen atoms in total. The fraction of sp³-hybridized carbons (Fsp3) is 0.316. The zero-order valence-corrected chi connectivity index (χ0v) is 15.0. The van der Waals surface area contributed by atoms with Crippen molar-refractivity contribution in [3.63, 3.8) is 0 Å². The van der Waals surface area contributed by atoms with Gasteiger partial charge in [-0.05, 0) is 37.0 Å². The quantitative estimate of drug-likeness (QED) is 0.497. The van der Waals surface area contributed by atoms with Crippen LogP contribution in [0.25, 0.3) is 0 Å². The fourth-order valence-electron chi connectivity index (χ4n) is 3.02. The summed E-state index contributed by atoms with van der Waals surface area (Å²) in [5.74, 6) is 0.309. The minimum atomic E-state index is -0.436. The molecule has 0 unspecified atom stereocenters. The minimum Gasteiger partial charge on any atom is -0.371 e. The third-order valence-corrected chi connectivity index (χ3v) is 4.66. The van der Waals surface area contributed by atoms with E-state index >= 15 is 0 Å². The van der Waals surface area contributed by atoms with Gasteiger partial charge in [0, 0.05) is 54.4 Å². The first kappa shape index (κ1) is 18.5. The number of anilines is 1. The third kappa shape index (κ3) is 4.66. The number of nitrogens with zero attached hydrogens (tertiary/aromatic N) is 4. The van der Waals surface area contributed by atoms with Crippen LogP contribution in [-0.2, 0) is 0 Å². The number of hydrazone groups is 1. The molecule has 1 aromatic heterocycles. The lowest BCUT2D eigenvalue weighted by atomic mass is 9.98. The number of rotatable bonds is 5. The summed E-state index contributed by atoms with van der Waals surface area (Å²) in [6, 6.07) is 7.90. The summed E-state index contributed by atoms with van der Waals surface area (Å²) < 4.78 is 0. The molecule has 1 fully saturated rings. The number of benzene rings is 1. The number of nitrogens with one attached hydrogen (secondary N) is 1. The average Bonchev–Trinajstić information content (AvgIpc) is 2.69. The van der Waals surface area contributed by atoms with Crippen LogP contribution >= 0.6 is 0 Å². The first-order valence-corrected chi connectivity index (χ1v) is 8.81. The van der Waals surface area contributed by atoms with Crippen LogP contribution in [0.5, 0.6) is 0 Å². The van der Waals surface area contributed by atoms with Crippen LogP contribution in [0.2, 0.25) is 0 Å². The summed E-state index contributed by atoms with van der Waals surface area (Å²) in [6.07, 6.45) is 6.65. The molecule has 140 valence electrons. The molecule has 0 atom stereocenters. The van der Waals surface area contributed by atoms with Gasteiger partial charge in [0.25, 0.3) is 11.6 Å². The molecule has 1 N–H and O–H groups in total. The average molecular weight is 367 g/mol. The van der Waals surface area contributed by atoms with Gasteiger partial charge in [0.2, 0.25) is 0 Å². The largest absolute Gasteiger partial charge is 0.371 e. The summed E-state index contributed by atoms with van der Waals surface area (Å²) in [5.41, 5.74) is 4.36. The van der Waals surface area contributed by atoms with E-state index in [-0.39, 0.29) is 11.6 Å². The van der Waals surface area contributed by atoms with E-state index in [2.05, 4.69) is 27.3 Å². The van der Waals surface area contributed by atoms with Crippen LogP contribution in [0.15, 0.2) is 47.8 Å². The van der Waals surface area contributed by atoms with Crippen molar-refractivity contribution in [2.75, 3.05) is 18.0 Å². The smallest absolute Gasteiger partial charge is 0.271 e. The van der Waals surface area contributed by atoms with Crippen molar-refractivity contribution in [2.24, 2.45) is 11.0 Å². The lowest BCUT2D eigenvalue weighted by molar-refractivity contribution is -0.384. The Morgan fingerprint density at radius 1 is 1.30 bits per heavy atom. The molecule has 0 spiro atoms. The summed E-state index contributed by atoms with van der Waals surface area (Å²) in [5, 5.41) is 15.1. The molecular formula is C19H21N5O3. The molecular weight excluding hydrogens is 346 g/mol. The van der Waals surface area contributed by atoms with Gasteiger partial charge < -0.3 is 4.90 Å². The lowest BCUT2D eigenvalue weighted by Crippen LogP contribution is -2.33. The van der Waals surface area contributed by atoms with Gasteiger partial charge in [-0.15, -0.1) is 0 Å². The number of carbonyl (C=O) groups excluding carboxylic acids is 1. The van der Waals surface area contributed by atoms with Gasteiger partial charge in [0.05, 0.1) is 11.1 Å². The van der Waals surface area contributed by atoms with E-state index in [0.717, 1.165) is 31.6 Å². The fourth-order valence-corrected chi connectivity index (χ4v) is 3.02. The van der Waals surface area contributed by atoms with Crippen molar-refractivity contribution in [3.05, 3.63) is 64.0 Å². The van der Waals surface area contributed by atoms with Crippen molar-refractivity contribution >= 4 is 23.5 Å². The maximum absolute atomic E-state index is 12.1. The normalized spacial score (nSPS) is 15.1. The van der Waals surface area contributed by atoms with E-state index in [4.69, 9.17) is 0 Å². The third-order valence-electron chi connectivity index (χ3n) is 4.66. The summed E-state index contributed by atoms with van der Waals surface area (Å²) in [7, 11) is 0. The van der Waals surface area contributed by atoms with Crippen LogP contribution in [0, 0.1) is 16.0 Å². The molecule has 8 heteroatoms. The number of carbonyl (C=O) groups is 1. The molecule has 0 saturated carbocycles. The Kier molecular flexibility index (Phi) is 5.75. The highest BCUT2D eigenvalue weighted by atomic mass is 16.6. The summed E-state index contributed by atoms with van der Waals surface area (Å²) in [4.78, 5) is 28.8. The van der Waals surface area contributed by atoms with Crippen molar-refractivity contribution in [3.8, 4) is 0 Å². The Morgan fingerprint density at radius 2 is 2.00 bits per heavy atom.